The van der Waals surface area contributed by atoms with Gasteiger partial charge >= 0.3 is 0 Å². The Bertz CT molecular complexity index is 2310. The Morgan fingerprint density at radius 1 is 0.536 bits per heavy atom. The number of carbonyl (C=O) groups excluding carboxylic acids is 2. The fourth-order valence-electron chi connectivity index (χ4n) is 4.91. The average Bonchev–Trinajstić information content (AvgIpc) is 3.20. The molecule has 0 spiro atoms. The second-order valence-electron chi connectivity index (χ2n) is 11.4. The van der Waals surface area contributed by atoms with Crippen molar-refractivity contribution in [3.05, 3.63) is 165 Å². The van der Waals surface area contributed by atoms with E-state index in [0.717, 1.165) is 32.9 Å². The number of hydrazone groups is 2. The molecule has 0 aliphatic carbocycles. The fraction of sp³-hybridized carbons (Fsp3) is 0.0556. The summed E-state index contributed by atoms with van der Waals surface area (Å²) in [6.45, 7) is -1.39. The number of nitrogens with one attached hydrogen (secondary N) is 2. The summed E-state index contributed by atoms with van der Waals surface area (Å²) in [4.78, 5) is 46.5. The molecule has 56 heavy (non-hydrogen) atoms. The molecule has 5 aromatic rings. The molecule has 0 unspecified atom stereocenters. The maximum absolute atomic E-state index is 13.4. The third-order valence-corrected chi connectivity index (χ3v) is 11.3. The highest BCUT2D eigenvalue weighted by molar-refractivity contribution is 7.93. The first-order chi connectivity index (χ1) is 26.8. The lowest BCUT2D eigenvalue weighted by Gasteiger charge is -2.23. The van der Waals surface area contributed by atoms with Gasteiger partial charge in [0.05, 0.1) is 43.4 Å². The summed E-state index contributed by atoms with van der Waals surface area (Å²) < 4.78 is 55.4. The van der Waals surface area contributed by atoms with Gasteiger partial charge in [0.25, 0.3) is 43.2 Å². The predicted octanol–water partition coefficient (Wildman–Crippen LogP) is 4.19. The van der Waals surface area contributed by atoms with E-state index >= 15 is 0 Å². The van der Waals surface area contributed by atoms with Crippen molar-refractivity contribution in [1.82, 2.24) is 10.9 Å². The van der Waals surface area contributed by atoms with Gasteiger partial charge in [0, 0.05) is 24.3 Å². The van der Waals surface area contributed by atoms with Gasteiger partial charge in [-0.2, -0.15) is 10.2 Å². The molecule has 0 saturated heterocycles. The van der Waals surface area contributed by atoms with E-state index in [2.05, 4.69) is 21.1 Å². The first kappa shape index (κ1) is 39.9. The summed E-state index contributed by atoms with van der Waals surface area (Å²) in [5, 5.41) is 30.0. The van der Waals surface area contributed by atoms with Crippen molar-refractivity contribution in [2.24, 2.45) is 10.2 Å². The quantitative estimate of drug-likeness (QED) is 0.0819. The van der Waals surface area contributed by atoms with E-state index in [0.29, 0.717) is 11.1 Å². The van der Waals surface area contributed by atoms with E-state index in [4.69, 9.17) is 0 Å². The number of sulfonamides is 2. The highest BCUT2D eigenvalue weighted by atomic mass is 32.2. The van der Waals surface area contributed by atoms with Crippen LogP contribution in [0, 0.1) is 20.2 Å². The smallest absolute Gasteiger partial charge is 0.269 e. The second-order valence-corrected chi connectivity index (χ2v) is 15.2. The van der Waals surface area contributed by atoms with Crippen LogP contribution in [0.2, 0.25) is 0 Å². The molecule has 286 valence electrons. The van der Waals surface area contributed by atoms with Gasteiger partial charge in [0.1, 0.15) is 13.1 Å². The molecule has 0 atom stereocenters. The first-order valence-electron chi connectivity index (χ1n) is 16.1. The van der Waals surface area contributed by atoms with Gasteiger partial charge in [-0.25, -0.2) is 27.7 Å². The Labute approximate surface area is 319 Å². The van der Waals surface area contributed by atoms with Gasteiger partial charge < -0.3 is 0 Å². The number of benzene rings is 5. The molecule has 2 N–H and O–H groups in total. The number of amides is 2. The van der Waals surface area contributed by atoms with Crippen molar-refractivity contribution in [3.63, 3.8) is 0 Å². The number of hydrogen-bond acceptors (Lipinski definition) is 12. The second kappa shape index (κ2) is 17.7. The van der Waals surface area contributed by atoms with Crippen LogP contribution in [0.4, 0.5) is 22.7 Å². The Morgan fingerprint density at radius 2 is 0.857 bits per heavy atom. The molecule has 0 aliphatic heterocycles. The Balaban J connectivity index is 1.20. The first-order valence-corrected chi connectivity index (χ1v) is 19.0. The molecule has 5 rings (SSSR count). The molecule has 0 bridgehead atoms. The highest BCUT2D eigenvalue weighted by Crippen LogP contribution is 2.27. The molecule has 0 aliphatic rings. The topological polar surface area (TPSA) is 244 Å². The van der Waals surface area contributed by atoms with Crippen LogP contribution in [0.15, 0.2) is 153 Å². The van der Waals surface area contributed by atoms with E-state index in [1.165, 1.54) is 85.2 Å². The van der Waals surface area contributed by atoms with Gasteiger partial charge in [-0.05, 0) is 59.7 Å². The van der Waals surface area contributed by atoms with Crippen LogP contribution in [0.25, 0.3) is 0 Å². The van der Waals surface area contributed by atoms with Crippen molar-refractivity contribution >= 4 is 67.0 Å². The van der Waals surface area contributed by atoms with Crippen molar-refractivity contribution in [2.75, 3.05) is 21.7 Å². The molecular formula is C36H30N8O10S2. The van der Waals surface area contributed by atoms with Gasteiger partial charge in [-0.3, -0.25) is 38.4 Å². The van der Waals surface area contributed by atoms with Crippen molar-refractivity contribution in [3.8, 4) is 0 Å². The molecule has 0 fully saturated rings. The summed E-state index contributed by atoms with van der Waals surface area (Å²) in [5.74, 6) is -1.61. The number of anilines is 2. The van der Waals surface area contributed by atoms with Crippen LogP contribution >= 0.6 is 0 Å². The maximum Gasteiger partial charge on any atom is 0.269 e. The summed E-state index contributed by atoms with van der Waals surface area (Å²) >= 11 is 0. The zero-order valence-electron chi connectivity index (χ0n) is 28.9. The summed E-state index contributed by atoms with van der Waals surface area (Å²) in [6.07, 6.45) is 2.59. The number of rotatable bonds is 16. The summed E-state index contributed by atoms with van der Waals surface area (Å²) in [7, 11) is -8.51. The number of non-ortho nitro benzene ring substituents is 2. The Hall–Kier alpha value is -7.32. The van der Waals surface area contributed by atoms with E-state index in [-0.39, 0.29) is 32.5 Å². The monoisotopic (exact) mass is 798 g/mol. The molecule has 0 saturated carbocycles. The molecule has 5 aromatic carbocycles. The lowest BCUT2D eigenvalue weighted by molar-refractivity contribution is -0.385. The largest absolute Gasteiger partial charge is 0.271 e. The Morgan fingerprint density at radius 3 is 1.16 bits per heavy atom. The minimum absolute atomic E-state index is 0.0195. The van der Waals surface area contributed by atoms with E-state index < -0.39 is 54.8 Å². The van der Waals surface area contributed by atoms with Gasteiger partial charge in [0.15, 0.2) is 0 Å². The SMILES string of the molecule is O=C(CN(c1ccc([N+](=O)[O-])cc1)S(=O)(=O)c1ccccc1)N/N=C\c1ccc(/C=N\NC(=O)CN(c2ccc([N+](=O)[O-])cc2)S(=O)(=O)c2ccccc2)cc1. The number of hydrogen-bond donors (Lipinski definition) is 2. The number of nitro benzene ring substituents is 2. The minimum atomic E-state index is -4.26. The van der Waals surface area contributed by atoms with E-state index in [1.807, 2.05) is 0 Å². The normalized spacial score (nSPS) is 11.6. The average molecular weight is 799 g/mol. The van der Waals surface area contributed by atoms with Crippen LogP contribution in [0.1, 0.15) is 11.1 Å². The highest BCUT2D eigenvalue weighted by Gasteiger charge is 2.29. The number of nitrogens with zero attached hydrogens (tertiary/aromatic N) is 6. The molecule has 18 nitrogen and oxygen atoms in total. The lowest BCUT2D eigenvalue weighted by atomic mass is 10.2. The summed E-state index contributed by atoms with van der Waals surface area (Å²) in [5.41, 5.74) is 5.08. The number of nitro groups is 2. The van der Waals surface area contributed by atoms with Crippen molar-refractivity contribution in [2.45, 2.75) is 9.79 Å². The van der Waals surface area contributed by atoms with Crippen LogP contribution in [-0.4, -0.2) is 64.0 Å². The minimum Gasteiger partial charge on any atom is -0.271 e. The van der Waals surface area contributed by atoms with Gasteiger partial charge in [-0.1, -0.05) is 60.7 Å². The van der Waals surface area contributed by atoms with Crippen LogP contribution in [-0.2, 0) is 29.6 Å². The standard InChI is InChI=1S/C36H30N8O10S2/c45-35(25-41(29-15-19-31(20-16-29)43(47)48)55(51,52)33-7-3-1-4-8-33)39-37-23-27-11-13-28(14-12-27)24-38-40-36(46)26-42(30-17-21-32(22-18-30)44(49)50)56(53,54)34-9-5-2-6-10-34/h1-24H,25-26H2,(H,39,45)(H,40,46)/b37-23-,38-24-. The van der Waals surface area contributed by atoms with E-state index in [1.54, 1.807) is 36.4 Å². The molecule has 2 amide bonds. The fourth-order valence-corrected chi connectivity index (χ4v) is 7.79. The molecule has 0 radical (unpaired) electrons. The lowest BCUT2D eigenvalue weighted by Crippen LogP contribution is -2.39. The van der Waals surface area contributed by atoms with Gasteiger partial charge in [-0.15, -0.1) is 0 Å². The van der Waals surface area contributed by atoms with Crippen molar-refractivity contribution < 1.29 is 36.3 Å². The maximum atomic E-state index is 13.4. The zero-order chi connectivity index (χ0) is 40.3. The van der Waals surface area contributed by atoms with Crippen LogP contribution < -0.4 is 19.5 Å². The van der Waals surface area contributed by atoms with Crippen LogP contribution in [0.3, 0.4) is 0 Å². The predicted molar refractivity (Wildman–Crippen MR) is 206 cm³/mol. The van der Waals surface area contributed by atoms with Crippen molar-refractivity contribution in [1.29, 1.82) is 0 Å². The van der Waals surface area contributed by atoms with Gasteiger partial charge in [0.2, 0.25) is 0 Å². The molecule has 0 heterocycles. The third kappa shape index (κ3) is 10.0. The number of carbonyl (C=O) groups is 2. The zero-order valence-corrected chi connectivity index (χ0v) is 30.5. The molecule has 20 heteroatoms. The van der Waals surface area contributed by atoms with E-state index in [9.17, 15) is 46.7 Å². The molecule has 0 aromatic heterocycles. The molecular weight excluding hydrogens is 769 g/mol. The third-order valence-electron chi connectivity index (χ3n) is 7.68. The van der Waals surface area contributed by atoms with Crippen LogP contribution in [0.5, 0.6) is 0 Å². The summed E-state index contributed by atoms with van der Waals surface area (Å²) in [6, 6.07) is 30.5. The Kier molecular flexibility index (Phi) is 12.6.